The van der Waals surface area contributed by atoms with Crippen molar-refractivity contribution in [1.29, 1.82) is 0 Å². The van der Waals surface area contributed by atoms with Gasteiger partial charge in [0.2, 0.25) is 0 Å². The summed E-state index contributed by atoms with van der Waals surface area (Å²) in [5.74, 6) is 1.87. The van der Waals surface area contributed by atoms with Crippen LogP contribution in [0.15, 0.2) is 34.9 Å². The maximum atomic E-state index is 10.5. The van der Waals surface area contributed by atoms with Gasteiger partial charge < -0.3 is 0 Å². The molecular weight excluding hydrogens is 162 g/mol. The Morgan fingerprint density at radius 2 is 1.85 bits per heavy atom. The molecule has 0 atom stereocenters. The Hall–Kier alpha value is -1.40. The molecule has 0 radical (unpaired) electrons. The van der Waals surface area contributed by atoms with Crippen molar-refractivity contribution in [3.63, 3.8) is 0 Å². The second-order valence-corrected chi connectivity index (χ2v) is 3.90. The normalized spacial score (nSPS) is 19.3. The predicted octanol–water partition coefficient (Wildman–Crippen LogP) is 2.11. The summed E-state index contributed by atoms with van der Waals surface area (Å²) in [5, 5.41) is 0. The molecule has 2 nitrogen and oxygen atoms in total. The fraction of sp³-hybridized carbons (Fsp3) is 0.364. The first-order chi connectivity index (χ1) is 6.03. The van der Waals surface area contributed by atoms with Gasteiger partial charge in [-0.25, -0.2) is 4.79 Å². The van der Waals surface area contributed by atoms with Crippen LogP contribution in [0.2, 0.25) is 0 Å². The predicted molar refractivity (Wildman–Crippen MR) is 54.7 cm³/mol. The van der Waals surface area contributed by atoms with E-state index in [1.54, 1.807) is 6.08 Å². The van der Waals surface area contributed by atoms with Gasteiger partial charge in [-0.15, -0.1) is 0 Å². The van der Waals surface area contributed by atoms with Gasteiger partial charge in [-0.05, 0) is 32.9 Å². The Labute approximate surface area is 78.4 Å². The van der Waals surface area contributed by atoms with E-state index in [0.29, 0.717) is 11.3 Å². The maximum absolute atomic E-state index is 10.5. The molecule has 0 unspecified atom stereocenters. The Bertz CT molecular complexity index is 334. The summed E-state index contributed by atoms with van der Waals surface area (Å²) in [4.78, 5) is 14.9. The lowest BCUT2D eigenvalue weighted by Gasteiger charge is -2.14. The monoisotopic (exact) mass is 175 g/mol. The van der Waals surface area contributed by atoms with E-state index in [1.807, 2.05) is 44.9 Å². The highest BCUT2D eigenvalue weighted by molar-refractivity contribution is 6.16. The largest absolute Gasteiger partial charge is 0.278 e. The first kappa shape index (κ1) is 9.69. The third kappa shape index (κ3) is 2.85. The van der Waals surface area contributed by atoms with Crippen molar-refractivity contribution in [3.05, 3.63) is 29.9 Å². The zero-order valence-electron chi connectivity index (χ0n) is 8.16. The molecule has 1 aliphatic carbocycles. The summed E-state index contributed by atoms with van der Waals surface area (Å²) in [6.45, 7) is 5.98. The van der Waals surface area contributed by atoms with Crippen LogP contribution in [0.1, 0.15) is 20.8 Å². The smallest absolute Gasteiger partial charge is 0.134 e. The van der Waals surface area contributed by atoms with Crippen LogP contribution in [0.4, 0.5) is 0 Å². The van der Waals surface area contributed by atoms with Gasteiger partial charge in [0.1, 0.15) is 5.94 Å². The molecule has 68 valence electrons. The summed E-state index contributed by atoms with van der Waals surface area (Å²) in [6.07, 6.45) is 7.22. The quantitative estimate of drug-likeness (QED) is 0.518. The van der Waals surface area contributed by atoms with E-state index < -0.39 is 0 Å². The van der Waals surface area contributed by atoms with Crippen LogP contribution in [0.3, 0.4) is 0 Å². The first-order valence-electron chi connectivity index (χ1n) is 4.23. The van der Waals surface area contributed by atoms with Gasteiger partial charge in [-0.3, -0.25) is 4.99 Å². The standard InChI is InChI=1S/C11H13NO/c1-11(2,3)12-10-7-5-4-6-9(10)8-13/h4-7H,1-3H3. The zero-order valence-corrected chi connectivity index (χ0v) is 8.16. The number of aliphatic imine (C=N–C) groups is 1. The molecule has 0 heterocycles. The van der Waals surface area contributed by atoms with E-state index in [-0.39, 0.29) is 5.54 Å². The summed E-state index contributed by atoms with van der Waals surface area (Å²) >= 11 is 0. The fourth-order valence-corrected chi connectivity index (χ4v) is 1.02. The molecule has 1 aliphatic rings. The third-order valence-electron chi connectivity index (χ3n) is 1.47. The minimum absolute atomic E-state index is 0.160. The van der Waals surface area contributed by atoms with Gasteiger partial charge >= 0.3 is 0 Å². The van der Waals surface area contributed by atoms with Crippen LogP contribution in [-0.4, -0.2) is 17.2 Å². The summed E-state index contributed by atoms with van der Waals surface area (Å²) < 4.78 is 0. The minimum atomic E-state index is -0.160. The molecule has 0 saturated heterocycles. The molecule has 2 heteroatoms. The molecule has 0 aromatic carbocycles. The molecule has 0 bridgehead atoms. The molecule has 0 aromatic heterocycles. The molecular formula is C11H13NO. The Balaban J connectivity index is 3.06. The first-order valence-corrected chi connectivity index (χ1v) is 4.23. The number of rotatable bonds is 0. The molecule has 0 amide bonds. The van der Waals surface area contributed by atoms with Crippen LogP contribution < -0.4 is 0 Å². The lowest BCUT2D eigenvalue weighted by molar-refractivity contribution is 0.568. The van der Waals surface area contributed by atoms with Crippen molar-refractivity contribution in [1.82, 2.24) is 0 Å². The zero-order chi connectivity index (χ0) is 9.90. The lowest BCUT2D eigenvalue weighted by Crippen LogP contribution is -2.14. The molecule has 0 fully saturated rings. The average molecular weight is 175 g/mol. The van der Waals surface area contributed by atoms with Crippen molar-refractivity contribution in [2.45, 2.75) is 26.3 Å². The van der Waals surface area contributed by atoms with Crippen LogP contribution in [-0.2, 0) is 4.79 Å². The van der Waals surface area contributed by atoms with Crippen LogP contribution in [0, 0.1) is 0 Å². The molecule has 1 rings (SSSR count). The number of carbonyl (C=O) groups excluding carboxylic acids is 1. The molecule has 0 N–H and O–H groups in total. The van der Waals surface area contributed by atoms with Crippen molar-refractivity contribution in [2.75, 3.05) is 0 Å². The van der Waals surface area contributed by atoms with Gasteiger partial charge in [-0.1, -0.05) is 12.2 Å². The average Bonchev–Trinajstić information content (AvgIpc) is 2.02. The lowest BCUT2D eigenvalue weighted by atomic mass is 10.0. The van der Waals surface area contributed by atoms with Crippen LogP contribution >= 0.6 is 0 Å². The van der Waals surface area contributed by atoms with Crippen LogP contribution in [0.5, 0.6) is 0 Å². The van der Waals surface area contributed by atoms with Gasteiger partial charge in [0, 0.05) is 0 Å². The van der Waals surface area contributed by atoms with E-state index >= 15 is 0 Å². The van der Waals surface area contributed by atoms with Gasteiger partial charge in [-0.2, -0.15) is 0 Å². The molecule has 0 saturated carbocycles. The highest BCUT2D eigenvalue weighted by Crippen LogP contribution is 2.12. The highest BCUT2D eigenvalue weighted by Gasteiger charge is 2.11. The molecule has 0 spiro atoms. The van der Waals surface area contributed by atoms with E-state index in [9.17, 15) is 4.79 Å². The number of allylic oxidation sites excluding steroid dienone is 5. The SMILES string of the molecule is CC(C)(C)N=C1C=CC=CC1=C=O. The van der Waals surface area contributed by atoms with E-state index in [0.717, 1.165) is 0 Å². The summed E-state index contributed by atoms with van der Waals surface area (Å²) in [5.41, 5.74) is 1.08. The van der Waals surface area contributed by atoms with E-state index in [2.05, 4.69) is 4.99 Å². The fourth-order valence-electron chi connectivity index (χ4n) is 1.02. The maximum Gasteiger partial charge on any atom is 0.134 e. The highest BCUT2D eigenvalue weighted by atomic mass is 16.1. The summed E-state index contributed by atoms with van der Waals surface area (Å²) in [7, 11) is 0. The van der Waals surface area contributed by atoms with Crippen molar-refractivity contribution in [2.24, 2.45) is 4.99 Å². The van der Waals surface area contributed by atoms with Crippen molar-refractivity contribution < 1.29 is 4.79 Å². The van der Waals surface area contributed by atoms with E-state index in [4.69, 9.17) is 0 Å². The van der Waals surface area contributed by atoms with E-state index in [1.165, 1.54) is 0 Å². The molecule has 0 aromatic rings. The third-order valence-corrected chi connectivity index (χ3v) is 1.47. The van der Waals surface area contributed by atoms with Gasteiger partial charge in [0.25, 0.3) is 0 Å². The Kier molecular flexibility index (Phi) is 2.64. The number of nitrogens with zero attached hydrogens (tertiary/aromatic N) is 1. The summed E-state index contributed by atoms with van der Waals surface area (Å²) in [6, 6.07) is 0. The Morgan fingerprint density at radius 1 is 1.23 bits per heavy atom. The molecule has 13 heavy (non-hydrogen) atoms. The van der Waals surface area contributed by atoms with Crippen molar-refractivity contribution >= 4 is 11.7 Å². The van der Waals surface area contributed by atoms with Crippen molar-refractivity contribution in [3.8, 4) is 0 Å². The second kappa shape index (κ2) is 3.55. The second-order valence-electron chi connectivity index (χ2n) is 3.90. The van der Waals surface area contributed by atoms with Gasteiger partial charge in [0.15, 0.2) is 0 Å². The van der Waals surface area contributed by atoms with Crippen LogP contribution in [0.25, 0.3) is 0 Å². The molecule has 0 aliphatic heterocycles. The topological polar surface area (TPSA) is 29.4 Å². The number of hydrogen-bond donors (Lipinski definition) is 0. The number of hydrogen-bond acceptors (Lipinski definition) is 2. The Morgan fingerprint density at radius 3 is 2.38 bits per heavy atom. The van der Waals surface area contributed by atoms with Gasteiger partial charge in [0.05, 0.1) is 16.8 Å². The minimum Gasteiger partial charge on any atom is -0.278 e.